The van der Waals surface area contributed by atoms with E-state index in [4.69, 9.17) is 4.74 Å². The molecule has 0 bridgehead atoms. The lowest BCUT2D eigenvalue weighted by atomic mass is 10.4. The number of hydrogen-bond donors (Lipinski definition) is 1. The average Bonchev–Trinajstić information content (AvgIpc) is 2.41. The summed E-state index contributed by atoms with van der Waals surface area (Å²) in [6.07, 6.45) is 1.67. The van der Waals surface area contributed by atoms with Gasteiger partial charge in [-0.05, 0) is 12.1 Å². The van der Waals surface area contributed by atoms with E-state index >= 15 is 0 Å². The number of pyridine rings is 1. The van der Waals surface area contributed by atoms with Gasteiger partial charge in [-0.1, -0.05) is 6.07 Å². The molecule has 1 fully saturated rings. The molecule has 2 rings (SSSR count). The molecule has 0 radical (unpaired) electrons. The van der Waals surface area contributed by atoms with Gasteiger partial charge >= 0.3 is 0 Å². The van der Waals surface area contributed by atoms with Crippen LogP contribution >= 0.6 is 0 Å². The standard InChI is InChI=1S/C11H17N3O3S/c15-18(16,14-6-8-17-9-7-14)10-5-13-11-3-1-2-4-12-11/h1-4H,5-10H2,(H,12,13). The van der Waals surface area contributed by atoms with Crippen molar-refractivity contribution in [2.24, 2.45) is 0 Å². The molecular formula is C11H17N3O3S. The van der Waals surface area contributed by atoms with Gasteiger partial charge in [-0.25, -0.2) is 13.4 Å². The number of ether oxygens (including phenoxy) is 1. The van der Waals surface area contributed by atoms with Crippen molar-refractivity contribution in [1.82, 2.24) is 9.29 Å². The van der Waals surface area contributed by atoms with Gasteiger partial charge < -0.3 is 10.1 Å². The van der Waals surface area contributed by atoms with E-state index in [0.717, 1.165) is 0 Å². The second-order valence-electron chi connectivity index (χ2n) is 3.97. The van der Waals surface area contributed by atoms with Crippen LogP contribution in [0.5, 0.6) is 0 Å². The van der Waals surface area contributed by atoms with Crippen molar-refractivity contribution in [2.45, 2.75) is 0 Å². The molecule has 0 saturated carbocycles. The first-order chi connectivity index (χ1) is 8.68. The van der Waals surface area contributed by atoms with Gasteiger partial charge in [-0.2, -0.15) is 4.31 Å². The Balaban J connectivity index is 1.82. The Bertz CT molecular complexity index is 458. The van der Waals surface area contributed by atoms with Gasteiger partial charge in [0.05, 0.1) is 19.0 Å². The zero-order valence-electron chi connectivity index (χ0n) is 10.1. The summed E-state index contributed by atoms with van der Waals surface area (Å²) in [5.41, 5.74) is 0. The minimum Gasteiger partial charge on any atom is -0.379 e. The summed E-state index contributed by atoms with van der Waals surface area (Å²) >= 11 is 0. The van der Waals surface area contributed by atoms with Crippen LogP contribution < -0.4 is 5.32 Å². The van der Waals surface area contributed by atoms with Crippen molar-refractivity contribution >= 4 is 15.8 Å². The molecule has 1 aromatic heterocycles. The van der Waals surface area contributed by atoms with E-state index in [2.05, 4.69) is 10.3 Å². The molecule has 18 heavy (non-hydrogen) atoms. The van der Waals surface area contributed by atoms with Crippen molar-refractivity contribution < 1.29 is 13.2 Å². The number of hydrogen-bond acceptors (Lipinski definition) is 5. The highest BCUT2D eigenvalue weighted by Crippen LogP contribution is 2.06. The lowest BCUT2D eigenvalue weighted by Gasteiger charge is -2.26. The zero-order valence-corrected chi connectivity index (χ0v) is 10.9. The molecule has 1 aliphatic rings. The summed E-state index contributed by atoms with van der Waals surface area (Å²) in [4.78, 5) is 4.07. The molecule has 0 unspecified atom stereocenters. The highest BCUT2D eigenvalue weighted by molar-refractivity contribution is 7.89. The van der Waals surface area contributed by atoms with Crippen molar-refractivity contribution in [3.8, 4) is 0 Å². The van der Waals surface area contributed by atoms with Crippen molar-refractivity contribution in [1.29, 1.82) is 0 Å². The van der Waals surface area contributed by atoms with Crippen LogP contribution in [0.3, 0.4) is 0 Å². The third-order valence-corrected chi connectivity index (χ3v) is 4.57. The molecule has 1 aromatic rings. The highest BCUT2D eigenvalue weighted by Gasteiger charge is 2.23. The van der Waals surface area contributed by atoms with E-state index in [9.17, 15) is 8.42 Å². The summed E-state index contributed by atoms with van der Waals surface area (Å²) in [5, 5.41) is 2.99. The fraction of sp³-hybridized carbons (Fsp3) is 0.545. The first kappa shape index (κ1) is 13.3. The predicted molar refractivity (Wildman–Crippen MR) is 68.9 cm³/mol. The van der Waals surface area contributed by atoms with E-state index in [1.807, 2.05) is 12.1 Å². The number of sulfonamides is 1. The molecule has 0 atom stereocenters. The molecule has 2 heterocycles. The Morgan fingerprint density at radius 1 is 1.33 bits per heavy atom. The molecule has 0 aliphatic carbocycles. The lowest BCUT2D eigenvalue weighted by molar-refractivity contribution is 0.0731. The fourth-order valence-corrected chi connectivity index (χ4v) is 3.05. The van der Waals surface area contributed by atoms with Crippen LogP contribution in [0.2, 0.25) is 0 Å². The number of nitrogens with zero attached hydrogens (tertiary/aromatic N) is 2. The Labute approximate surface area is 107 Å². The van der Waals surface area contributed by atoms with Gasteiger partial charge in [0.25, 0.3) is 0 Å². The summed E-state index contributed by atoms with van der Waals surface area (Å²) in [6, 6.07) is 5.48. The number of anilines is 1. The second-order valence-corrected chi connectivity index (χ2v) is 6.06. The Morgan fingerprint density at radius 2 is 2.11 bits per heavy atom. The normalized spacial score (nSPS) is 17.6. The monoisotopic (exact) mass is 271 g/mol. The number of morpholine rings is 1. The zero-order chi connectivity index (χ0) is 12.8. The minimum absolute atomic E-state index is 0.0730. The van der Waals surface area contributed by atoms with Gasteiger partial charge in [-0.15, -0.1) is 0 Å². The lowest BCUT2D eigenvalue weighted by Crippen LogP contribution is -2.42. The molecule has 6 nitrogen and oxygen atoms in total. The minimum atomic E-state index is -3.19. The summed E-state index contributed by atoms with van der Waals surface area (Å²) in [6.45, 7) is 2.22. The molecule has 0 spiro atoms. The van der Waals surface area contributed by atoms with E-state index in [1.165, 1.54) is 4.31 Å². The largest absolute Gasteiger partial charge is 0.379 e. The first-order valence-electron chi connectivity index (χ1n) is 5.89. The van der Waals surface area contributed by atoms with Crippen molar-refractivity contribution in [3.63, 3.8) is 0 Å². The number of rotatable bonds is 5. The van der Waals surface area contributed by atoms with Gasteiger partial charge in [0.15, 0.2) is 0 Å². The predicted octanol–water partition coefficient (Wildman–Crippen LogP) is 0.155. The molecule has 1 N–H and O–H groups in total. The Hall–Kier alpha value is -1.18. The maximum Gasteiger partial charge on any atom is 0.215 e. The molecule has 1 aliphatic heterocycles. The van der Waals surface area contributed by atoms with Crippen LogP contribution in [0.1, 0.15) is 0 Å². The van der Waals surface area contributed by atoms with Gasteiger partial charge in [-0.3, -0.25) is 0 Å². The van der Waals surface area contributed by atoms with Crippen molar-refractivity contribution in [3.05, 3.63) is 24.4 Å². The topological polar surface area (TPSA) is 71.5 Å². The third-order valence-electron chi connectivity index (χ3n) is 2.69. The smallest absolute Gasteiger partial charge is 0.215 e. The van der Waals surface area contributed by atoms with Gasteiger partial charge in [0.1, 0.15) is 5.82 Å². The molecule has 0 aromatic carbocycles. The van der Waals surface area contributed by atoms with Crippen LogP contribution in [0.25, 0.3) is 0 Å². The van der Waals surface area contributed by atoms with Gasteiger partial charge in [0, 0.05) is 25.8 Å². The van der Waals surface area contributed by atoms with Gasteiger partial charge in [0.2, 0.25) is 10.0 Å². The van der Waals surface area contributed by atoms with E-state index in [0.29, 0.717) is 38.7 Å². The van der Waals surface area contributed by atoms with E-state index < -0.39 is 10.0 Å². The number of aromatic nitrogens is 1. The van der Waals surface area contributed by atoms with Crippen LogP contribution in [0, 0.1) is 0 Å². The fourth-order valence-electron chi connectivity index (χ4n) is 1.73. The summed E-state index contributed by atoms with van der Waals surface area (Å²) in [5.74, 6) is 0.763. The summed E-state index contributed by atoms with van der Waals surface area (Å²) < 4.78 is 30.6. The molecule has 7 heteroatoms. The first-order valence-corrected chi connectivity index (χ1v) is 7.50. The van der Waals surface area contributed by atoms with E-state index in [-0.39, 0.29) is 5.75 Å². The molecule has 1 saturated heterocycles. The Morgan fingerprint density at radius 3 is 2.78 bits per heavy atom. The third kappa shape index (κ3) is 3.66. The molecule has 0 amide bonds. The quantitative estimate of drug-likeness (QED) is 0.825. The molecular weight excluding hydrogens is 254 g/mol. The van der Waals surface area contributed by atoms with Crippen LogP contribution in [-0.4, -0.2) is 56.3 Å². The Kier molecular flexibility index (Phi) is 4.51. The van der Waals surface area contributed by atoms with Crippen LogP contribution in [-0.2, 0) is 14.8 Å². The highest BCUT2D eigenvalue weighted by atomic mass is 32.2. The maximum absolute atomic E-state index is 12.0. The SMILES string of the molecule is O=S(=O)(CCNc1ccccn1)N1CCOCC1. The molecule has 100 valence electrons. The van der Waals surface area contributed by atoms with Crippen LogP contribution in [0.15, 0.2) is 24.4 Å². The number of nitrogens with one attached hydrogen (secondary N) is 1. The van der Waals surface area contributed by atoms with Crippen molar-refractivity contribution in [2.75, 3.05) is 43.9 Å². The second kappa shape index (κ2) is 6.12. The van der Waals surface area contributed by atoms with E-state index in [1.54, 1.807) is 12.3 Å². The summed E-state index contributed by atoms with van der Waals surface area (Å²) in [7, 11) is -3.19. The maximum atomic E-state index is 12.0. The average molecular weight is 271 g/mol. The van der Waals surface area contributed by atoms with Crippen LogP contribution in [0.4, 0.5) is 5.82 Å².